The summed E-state index contributed by atoms with van der Waals surface area (Å²) in [6.45, 7) is 2.96. The second-order valence-electron chi connectivity index (χ2n) is 5.26. The van der Waals surface area contributed by atoms with Gasteiger partial charge in [0.1, 0.15) is 5.52 Å². The van der Waals surface area contributed by atoms with Crippen molar-refractivity contribution >= 4 is 27.6 Å². The highest BCUT2D eigenvalue weighted by molar-refractivity contribution is 5.95. The molecule has 4 rings (SSSR count). The molecule has 1 aromatic heterocycles. The van der Waals surface area contributed by atoms with E-state index in [0.717, 1.165) is 34.3 Å². The second-order valence-corrected chi connectivity index (χ2v) is 5.26. The molecule has 22 heavy (non-hydrogen) atoms. The topological polar surface area (TPSA) is 38.1 Å². The molecule has 3 aromatic carbocycles. The molecule has 0 fully saturated rings. The minimum Gasteiger partial charge on any atom is -0.436 e. The van der Waals surface area contributed by atoms with E-state index in [0.29, 0.717) is 5.89 Å². The lowest BCUT2D eigenvalue weighted by Crippen LogP contribution is -1.95. The fourth-order valence-corrected chi connectivity index (χ4v) is 2.77. The van der Waals surface area contributed by atoms with Crippen LogP contribution >= 0.6 is 0 Å². The van der Waals surface area contributed by atoms with Crippen molar-refractivity contribution in [2.24, 2.45) is 0 Å². The fraction of sp³-hybridized carbons (Fsp3) is 0.105. The number of oxazole rings is 1. The number of aromatic nitrogens is 1. The third-order valence-corrected chi connectivity index (χ3v) is 3.79. The smallest absolute Gasteiger partial charge is 0.227 e. The summed E-state index contributed by atoms with van der Waals surface area (Å²) < 4.78 is 6.00. The second kappa shape index (κ2) is 5.19. The van der Waals surface area contributed by atoms with Gasteiger partial charge in [-0.1, -0.05) is 36.4 Å². The maximum atomic E-state index is 6.00. The van der Waals surface area contributed by atoms with Crippen molar-refractivity contribution in [1.29, 1.82) is 0 Å². The Morgan fingerprint density at radius 3 is 2.77 bits per heavy atom. The van der Waals surface area contributed by atoms with Gasteiger partial charge in [0.2, 0.25) is 5.89 Å². The number of hydrogen-bond donors (Lipinski definition) is 1. The molecule has 0 aliphatic carbocycles. The molecule has 0 amide bonds. The first-order chi connectivity index (χ1) is 10.8. The highest BCUT2D eigenvalue weighted by Gasteiger charge is 2.11. The minimum atomic E-state index is 0.667. The van der Waals surface area contributed by atoms with Crippen LogP contribution in [0.4, 0.5) is 5.69 Å². The molecule has 3 nitrogen and oxygen atoms in total. The number of nitrogens with one attached hydrogen (secondary N) is 1. The van der Waals surface area contributed by atoms with Crippen molar-refractivity contribution < 1.29 is 4.42 Å². The van der Waals surface area contributed by atoms with Crippen LogP contribution in [0.25, 0.3) is 33.3 Å². The zero-order valence-corrected chi connectivity index (χ0v) is 12.3. The molecule has 3 heteroatoms. The summed E-state index contributed by atoms with van der Waals surface area (Å²) in [6, 6.07) is 20.5. The van der Waals surface area contributed by atoms with Crippen LogP contribution in [0.3, 0.4) is 0 Å². The van der Waals surface area contributed by atoms with Crippen LogP contribution in [0.2, 0.25) is 0 Å². The lowest BCUT2D eigenvalue weighted by atomic mass is 10.0. The molecule has 0 saturated heterocycles. The van der Waals surface area contributed by atoms with Gasteiger partial charge in [-0.2, -0.15) is 0 Å². The molecule has 0 atom stereocenters. The molecule has 0 spiro atoms. The lowest BCUT2D eigenvalue weighted by molar-refractivity contribution is 0.621. The van der Waals surface area contributed by atoms with Crippen LogP contribution < -0.4 is 5.32 Å². The van der Waals surface area contributed by atoms with E-state index < -0.39 is 0 Å². The van der Waals surface area contributed by atoms with E-state index in [1.807, 2.05) is 36.4 Å². The quantitative estimate of drug-likeness (QED) is 0.571. The van der Waals surface area contributed by atoms with Crippen LogP contribution in [0.5, 0.6) is 0 Å². The molecule has 1 N–H and O–H groups in total. The maximum Gasteiger partial charge on any atom is 0.227 e. The Hall–Kier alpha value is -2.81. The normalized spacial score (nSPS) is 11.1. The molecule has 0 bridgehead atoms. The predicted octanol–water partition coefficient (Wildman–Crippen LogP) is 5.08. The average Bonchev–Trinajstić information content (AvgIpc) is 2.97. The SMILES string of the molecule is CCNc1ccc2nc(-c3cccc4ccccc34)oc2c1. The molecular weight excluding hydrogens is 272 g/mol. The van der Waals surface area contributed by atoms with Gasteiger partial charge in [0.05, 0.1) is 0 Å². The van der Waals surface area contributed by atoms with Gasteiger partial charge in [-0.05, 0) is 35.9 Å². The molecular formula is C19H16N2O. The average molecular weight is 288 g/mol. The van der Waals surface area contributed by atoms with Gasteiger partial charge in [0.15, 0.2) is 5.58 Å². The molecule has 0 aliphatic rings. The minimum absolute atomic E-state index is 0.667. The molecule has 0 saturated carbocycles. The molecule has 0 unspecified atom stereocenters. The van der Waals surface area contributed by atoms with E-state index >= 15 is 0 Å². The number of hydrogen-bond acceptors (Lipinski definition) is 3. The van der Waals surface area contributed by atoms with Crippen LogP contribution in [0.1, 0.15) is 6.92 Å². The summed E-state index contributed by atoms with van der Waals surface area (Å²) in [5.74, 6) is 0.667. The van der Waals surface area contributed by atoms with Crippen molar-refractivity contribution in [2.75, 3.05) is 11.9 Å². The standard InChI is InChI=1S/C19H16N2O/c1-2-20-14-10-11-17-18(12-14)22-19(21-17)16-9-5-7-13-6-3-4-8-15(13)16/h3-12,20H,2H2,1H3. The first-order valence-corrected chi connectivity index (χ1v) is 7.48. The van der Waals surface area contributed by atoms with Gasteiger partial charge < -0.3 is 9.73 Å². The Morgan fingerprint density at radius 1 is 1.00 bits per heavy atom. The van der Waals surface area contributed by atoms with Crippen molar-refractivity contribution in [3.8, 4) is 11.5 Å². The summed E-state index contributed by atoms with van der Waals surface area (Å²) in [7, 11) is 0. The maximum absolute atomic E-state index is 6.00. The van der Waals surface area contributed by atoms with E-state index in [-0.39, 0.29) is 0 Å². The Bertz CT molecular complexity index is 951. The number of nitrogens with zero attached hydrogens (tertiary/aromatic N) is 1. The van der Waals surface area contributed by atoms with E-state index in [1.165, 1.54) is 5.39 Å². The van der Waals surface area contributed by atoms with E-state index in [2.05, 4.69) is 41.5 Å². The Kier molecular flexibility index (Phi) is 3.04. The molecule has 0 radical (unpaired) electrons. The van der Waals surface area contributed by atoms with Crippen LogP contribution in [-0.4, -0.2) is 11.5 Å². The highest BCUT2D eigenvalue weighted by atomic mass is 16.3. The fourth-order valence-electron chi connectivity index (χ4n) is 2.77. The number of rotatable bonds is 3. The summed E-state index contributed by atoms with van der Waals surface area (Å²) >= 11 is 0. The Labute approximate surface area is 128 Å². The summed E-state index contributed by atoms with van der Waals surface area (Å²) in [6.07, 6.45) is 0. The zero-order chi connectivity index (χ0) is 14.9. The van der Waals surface area contributed by atoms with Crippen LogP contribution in [0.15, 0.2) is 65.1 Å². The lowest BCUT2D eigenvalue weighted by Gasteiger charge is -2.02. The van der Waals surface area contributed by atoms with Crippen LogP contribution in [0, 0.1) is 0 Å². The summed E-state index contributed by atoms with van der Waals surface area (Å²) in [5, 5.41) is 5.64. The number of anilines is 1. The summed E-state index contributed by atoms with van der Waals surface area (Å²) in [4.78, 5) is 4.64. The Morgan fingerprint density at radius 2 is 1.86 bits per heavy atom. The largest absolute Gasteiger partial charge is 0.436 e. The van der Waals surface area contributed by atoms with Crippen molar-refractivity contribution in [3.63, 3.8) is 0 Å². The zero-order valence-electron chi connectivity index (χ0n) is 12.3. The number of fused-ring (bicyclic) bond motifs is 2. The molecule has 0 aliphatic heterocycles. The molecule has 108 valence electrons. The predicted molar refractivity (Wildman–Crippen MR) is 91.1 cm³/mol. The highest BCUT2D eigenvalue weighted by Crippen LogP contribution is 2.31. The first kappa shape index (κ1) is 12.9. The van der Waals surface area contributed by atoms with E-state index in [9.17, 15) is 0 Å². The molecule has 1 heterocycles. The van der Waals surface area contributed by atoms with Gasteiger partial charge in [0.25, 0.3) is 0 Å². The third-order valence-electron chi connectivity index (χ3n) is 3.79. The molecule has 4 aromatic rings. The monoisotopic (exact) mass is 288 g/mol. The first-order valence-electron chi connectivity index (χ1n) is 7.48. The van der Waals surface area contributed by atoms with Gasteiger partial charge in [0, 0.05) is 23.9 Å². The van der Waals surface area contributed by atoms with Crippen molar-refractivity contribution in [2.45, 2.75) is 6.92 Å². The van der Waals surface area contributed by atoms with E-state index in [4.69, 9.17) is 4.42 Å². The van der Waals surface area contributed by atoms with Gasteiger partial charge in [-0.3, -0.25) is 0 Å². The van der Waals surface area contributed by atoms with Gasteiger partial charge in [-0.25, -0.2) is 4.98 Å². The van der Waals surface area contributed by atoms with E-state index in [1.54, 1.807) is 0 Å². The van der Waals surface area contributed by atoms with Gasteiger partial charge >= 0.3 is 0 Å². The number of benzene rings is 3. The van der Waals surface area contributed by atoms with Crippen molar-refractivity contribution in [3.05, 3.63) is 60.7 Å². The third kappa shape index (κ3) is 2.11. The van der Waals surface area contributed by atoms with Crippen molar-refractivity contribution in [1.82, 2.24) is 4.98 Å². The van der Waals surface area contributed by atoms with Gasteiger partial charge in [-0.15, -0.1) is 0 Å². The summed E-state index contributed by atoms with van der Waals surface area (Å²) in [5.41, 5.74) is 3.76. The van der Waals surface area contributed by atoms with Crippen LogP contribution in [-0.2, 0) is 0 Å². The Balaban J connectivity index is 1.89.